The first-order valence-corrected chi connectivity index (χ1v) is 5.10. The van der Waals surface area contributed by atoms with E-state index in [9.17, 15) is 0 Å². The van der Waals surface area contributed by atoms with Gasteiger partial charge in [0.05, 0.1) is 18.4 Å². The summed E-state index contributed by atoms with van der Waals surface area (Å²) in [4.78, 5) is 0. The Hall–Kier alpha value is -0.910. The van der Waals surface area contributed by atoms with Crippen LogP contribution in [0.1, 0.15) is 25.3 Å². The molecule has 1 atom stereocenters. The van der Waals surface area contributed by atoms with Gasteiger partial charge < -0.3 is 19.7 Å². The molecule has 0 aromatic carbocycles. The average Bonchev–Trinajstić information content (AvgIpc) is 2.71. The van der Waals surface area contributed by atoms with Gasteiger partial charge >= 0.3 is 0 Å². The van der Waals surface area contributed by atoms with E-state index in [1.54, 1.807) is 6.07 Å². The predicted molar refractivity (Wildman–Crippen MR) is 55.1 cm³/mol. The van der Waals surface area contributed by atoms with Gasteiger partial charge in [0.25, 0.3) is 0 Å². The number of rotatable bonds is 7. The van der Waals surface area contributed by atoms with Crippen molar-refractivity contribution in [3.63, 3.8) is 0 Å². The zero-order chi connectivity index (χ0) is 11.1. The van der Waals surface area contributed by atoms with Gasteiger partial charge in [-0.05, 0) is 13.8 Å². The average molecular weight is 214 g/mol. The van der Waals surface area contributed by atoms with E-state index in [1.165, 1.54) is 0 Å². The lowest BCUT2D eigenvalue weighted by atomic mass is 10.3. The highest BCUT2D eigenvalue weighted by Crippen LogP contribution is 2.06. The number of hydrogen-bond donors (Lipinski definition) is 1. The molecule has 5 nitrogen and oxygen atoms in total. The normalized spacial score (nSPS) is 13.0. The molecule has 5 heteroatoms. The van der Waals surface area contributed by atoms with E-state index >= 15 is 0 Å². The van der Waals surface area contributed by atoms with Gasteiger partial charge in [-0.3, -0.25) is 0 Å². The van der Waals surface area contributed by atoms with Crippen molar-refractivity contribution in [2.24, 2.45) is 5.73 Å². The Morgan fingerprint density at radius 3 is 3.00 bits per heavy atom. The van der Waals surface area contributed by atoms with Crippen molar-refractivity contribution in [3.05, 3.63) is 17.5 Å². The summed E-state index contributed by atoms with van der Waals surface area (Å²) in [5.74, 6) is 0.693. The molecule has 0 aliphatic rings. The van der Waals surface area contributed by atoms with Gasteiger partial charge in [0.2, 0.25) is 0 Å². The van der Waals surface area contributed by atoms with Crippen molar-refractivity contribution in [2.75, 3.05) is 13.2 Å². The Morgan fingerprint density at radius 1 is 1.60 bits per heavy atom. The highest BCUT2D eigenvalue weighted by atomic mass is 16.5. The lowest BCUT2D eigenvalue weighted by Crippen LogP contribution is -2.15. The van der Waals surface area contributed by atoms with Crippen molar-refractivity contribution >= 4 is 0 Å². The summed E-state index contributed by atoms with van der Waals surface area (Å²) < 4.78 is 15.7. The van der Waals surface area contributed by atoms with E-state index in [2.05, 4.69) is 5.16 Å². The van der Waals surface area contributed by atoms with Crippen LogP contribution in [0.25, 0.3) is 0 Å². The molecule has 1 rings (SSSR count). The standard InChI is InChI=1S/C10H18N2O3/c1-3-13-6-8(2)14-7-10-4-9(5-11)12-15-10/h4,8H,3,5-7,11H2,1-2H3. The smallest absolute Gasteiger partial charge is 0.162 e. The van der Waals surface area contributed by atoms with Gasteiger partial charge in [-0.2, -0.15) is 0 Å². The molecule has 15 heavy (non-hydrogen) atoms. The van der Waals surface area contributed by atoms with Crippen molar-refractivity contribution < 1.29 is 14.0 Å². The lowest BCUT2D eigenvalue weighted by molar-refractivity contribution is -0.0183. The van der Waals surface area contributed by atoms with Crippen molar-refractivity contribution in [1.82, 2.24) is 5.16 Å². The number of nitrogens with zero attached hydrogens (tertiary/aromatic N) is 1. The van der Waals surface area contributed by atoms with Crippen LogP contribution in [-0.4, -0.2) is 24.5 Å². The Morgan fingerprint density at radius 2 is 2.40 bits per heavy atom. The second-order valence-corrected chi connectivity index (χ2v) is 3.27. The maximum absolute atomic E-state index is 5.49. The van der Waals surface area contributed by atoms with Crippen LogP contribution >= 0.6 is 0 Å². The number of ether oxygens (including phenoxy) is 2. The molecule has 1 aromatic rings. The van der Waals surface area contributed by atoms with Gasteiger partial charge in [0.1, 0.15) is 6.61 Å². The van der Waals surface area contributed by atoms with Crippen molar-refractivity contribution in [1.29, 1.82) is 0 Å². The summed E-state index contributed by atoms with van der Waals surface area (Å²) in [6.07, 6.45) is 0.0522. The molecular formula is C10H18N2O3. The van der Waals surface area contributed by atoms with Gasteiger partial charge in [0, 0.05) is 19.2 Å². The predicted octanol–water partition coefficient (Wildman–Crippen LogP) is 1.07. The second-order valence-electron chi connectivity index (χ2n) is 3.27. The minimum atomic E-state index is 0.0522. The molecule has 1 heterocycles. The fourth-order valence-corrected chi connectivity index (χ4v) is 1.08. The van der Waals surface area contributed by atoms with Crippen molar-refractivity contribution in [3.8, 4) is 0 Å². The molecule has 1 unspecified atom stereocenters. The molecule has 0 spiro atoms. The second kappa shape index (κ2) is 6.55. The molecular weight excluding hydrogens is 196 g/mol. The van der Waals surface area contributed by atoms with Crippen LogP contribution in [0.15, 0.2) is 10.6 Å². The quantitative estimate of drug-likeness (QED) is 0.735. The summed E-state index contributed by atoms with van der Waals surface area (Å²) in [7, 11) is 0. The zero-order valence-corrected chi connectivity index (χ0v) is 9.23. The third kappa shape index (κ3) is 4.42. The maximum atomic E-state index is 5.49. The Kier molecular flexibility index (Phi) is 5.31. The molecule has 1 aromatic heterocycles. The van der Waals surface area contributed by atoms with E-state index < -0.39 is 0 Å². The number of aromatic nitrogens is 1. The van der Waals surface area contributed by atoms with Gasteiger partial charge in [-0.15, -0.1) is 0 Å². The van der Waals surface area contributed by atoms with E-state index in [0.717, 1.165) is 5.69 Å². The van der Waals surface area contributed by atoms with Crippen LogP contribution in [0, 0.1) is 0 Å². The zero-order valence-electron chi connectivity index (χ0n) is 9.23. The highest BCUT2D eigenvalue weighted by Gasteiger charge is 2.06. The topological polar surface area (TPSA) is 70.5 Å². The van der Waals surface area contributed by atoms with Crippen LogP contribution in [0.4, 0.5) is 0 Å². The molecule has 0 saturated heterocycles. The van der Waals surface area contributed by atoms with Crippen LogP contribution in [0.5, 0.6) is 0 Å². The molecule has 0 saturated carbocycles. The molecule has 0 fully saturated rings. The molecule has 2 N–H and O–H groups in total. The highest BCUT2D eigenvalue weighted by molar-refractivity contribution is 5.03. The maximum Gasteiger partial charge on any atom is 0.162 e. The summed E-state index contributed by atoms with van der Waals surface area (Å²) in [5.41, 5.74) is 6.14. The molecule has 0 amide bonds. The lowest BCUT2D eigenvalue weighted by Gasteiger charge is -2.10. The molecule has 0 bridgehead atoms. The van der Waals surface area contributed by atoms with Crippen molar-refractivity contribution in [2.45, 2.75) is 33.1 Å². The fourth-order valence-electron chi connectivity index (χ4n) is 1.08. The van der Waals surface area contributed by atoms with Crippen LogP contribution in [0.2, 0.25) is 0 Å². The van der Waals surface area contributed by atoms with E-state index in [4.69, 9.17) is 19.7 Å². The largest absolute Gasteiger partial charge is 0.379 e. The first-order valence-electron chi connectivity index (χ1n) is 5.10. The summed E-state index contributed by atoms with van der Waals surface area (Å²) >= 11 is 0. The third-order valence-electron chi connectivity index (χ3n) is 1.88. The van der Waals surface area contributed by atoms with Crippen LogP contribution in [-0.2, 0) is 22.6 Å². The summed E-state index contributed by atoms with van der Waals surface area (Å²) in [6, 6.07) is 1.80. The van der Waals surface area contributed by atoms with Crippen LogP contribution < -0.4 is 5.73 Å². The first kappa shape index (κ1) is 12.2. The van der Waals surface area contributed by atoms with E-state index in [0.29, 0.717) is 32.1 Å². The molecule has 0 aliphatic carbocycles. The Bertz CT molecular complexity index is 275. The Labute approximate surface area is 89.5 Å². The third-order valence-corrected chi connectivity index (χ3v) is 1.88. The SMILES string of the molecule is CCOCC(C)OCc1cc(CN)no1. The first-order chi connectivity index (χ1) is 7.26. The minimum absolute atomic E-state index is 0.0522. The minimum Gasteiger partial charge on any atom is -0.379 e. The molecule has 0 radical (unpaired) electrons. The van der Waals surface area contributed by atoms with E-state index in [1.807, 2.05) is 13.8 Å². The van der Waals surface area contributed by atoms with Gasteiger partial charge in [-0.25, -0.2) is 0 Å². The number of nitrogens with two attached hydrogens (primary N) is 1. The molecule has 0 aliphatic heterocycles. The summed E-state index contributed by atoms with van der Waals surface area (Å²) in [6.45, 7) is 5.99. The Balaban J connectivity index is 2.24. The fraction of sp³-hybridized carbons (Fsp3) is 0.700. The monoisotopic (exact) mass is 214 g/mol. The van der Waals surface area contributed by atoms with E-state index in [-0.39, 0.29) is 6.10 Å². The van der Waals surface area contributed by atoms with Crippen LogP contribution in [0.3, 0.4) is 0 Å². The van der Waals surface area contributed by atoms with Gasteiger partial charge in [0.15, 0.2) is 5.76 Å². The number of hydrogen-bond acceptors (Lipinski definition) is 5. The summed E-state index contributed by atoms with van der Waals surface area (Å²) in [5, 5.41) is 3.76. The molecule has 86 valence electrons. The van der Waals surface area contributed by atoms with Gasteiger partial charge in [-0.1, -0.05) is 5.16 Å².